The molecule has 1 aliphatic heterocycles. The second-order valence-electron chi connectivity index (χ2n) is 13.8. The molecule has 0 spiro atoms. The summed E-state index contributed by atoms with van der Waals surface area (Å²) in [6.45, 7) is 2.34. The average molecular weight is 833 g/mol. The van der Waals surface area contributed by atoms with E-state index in [-0.39, 0.29) is 30.8 Å². The van der Waals surface area contributed by atoms with Crippen LogP contribution in [0, 0.1) is 0 Å². The molecule has 1 saturated heterocycles. The summed E-state index contributed by atoms with van der Waals surface area (Å²) in [7, 11) is 2.14. The predicted molar refractivity (Wildman–Crippen MR) is 218 cm³/mol. The number of rotatable bonds is 15. The van der Waals surface area contributed by atoms with Crippen LogP contribution < -0.4 is 43.4 Å². The lowest BCUT2D eigenvalue weighted by molar-refractivity contribution is -0.136. The van der Waals surface area contributed by atoms with E-state index in [1.165, 1.54) is 13.8 Å². The number of aliphatic hydroxyl groups is 3. The van der Waals surface area contributed by atoms with Gasteiger partial charge in [0.2, 0.25) is 35.4 Å². The van der Waals surface area contributed by atoms with Crippen molar-refractivity contribution in [2.24, 2.45) is 11.5 Å². The summed E-state index contributed by atoms with van der Waals surface area (Å²) in [6, 6.07) is 9.24. The molecule has 19 heteroatoms. The van der Waals surface area contributed by atoms with Gasteiger partial charge in [-0.3, -0.25) is 28.8 Å². The van der Waals surface area contributed by atoms with E-state index in [4.69, 9.17) is 11.5 Å². The predicted octanol–water partition coefficient (Wildman–Crippen LogP) is -2.01. The number of nitrogens with one attached hydrogen (secondary N) is 6. The van der Waals surface area contributed by atoms with Crippen LogP contribution in [0.5, 0.6) is 0 Å². The first-order valence-electron chi connectivity index (χ1n) is 18.8. The normalized spacial score (nSPS) is 23.6. The molecule has 2 aromatic carbocycles. The molecule has 3 rings (SSSR count). The number of benzene rings is 2. The fraction of sp³-hybridized carbons (Fsp3) is 0.526. The zero-order valence-corrected chi connectivity index (χ0v) is 33.7. The quantitative estimate of drug-likeness (QED) is 0.0684. The van der Waals surface area contributed by atoms with Crippen molar-refractivity contribution < 1.29 is 44.1 Å². The van der Waals surface area contributed by atoms with Gasteiger partial charge in [-0.25, -0.2) is 0 Å². The van der Waals surface area contributed by atoms with E-state index in [0.29, 0.717) is 24.9 Å². The first-order chi connectivity index (χ1) is 27.2. The van der Waals surface area contributed by atoms with Gasteiger partial charge in [0.05, 0.1) is 30.9 Å². The van der Waals surface area contributed by atoms with Crippen molar-refractivity contribution in [1.82, 2.24) is 31.9 Å². The molecule has 9 atom stereocenters. The highest BCUT2D eigenvalue weighted by Crippen LogP contribution is 2.24. The Bertz CT molecular complexity index is 1610. The largest absolute Gasteiger partial charge is 0.394 e. The van der Waals surface area contributed by atoms with Gasteiger partial charge in [0.15, 0.2) is 0 Å². The molecule has 314 valence electrons. The number of carbonyl (C=O) groups is 6. The van der Waals surface area contributed by atoms with Crippen molar-refractivity contribution >= 4 is 57.0 Å². The summed E-state index contributed by atoms with van der Waals surface area (Å²) >= 11 is 0. The maximum atomic E-state index is 14.1. The standard InChI is InChI=1S/C38H56N8O9S2/c1-22(48)29(19-47)43-37(54)31-21-57-56-20-30(44-33(50)26(40)17-24-11-5-3-6-12-24)36(53)42-28(18-25-13-7-4-8-14-25)35(52)41-27(15-9-10-16-39)34(51)46-32(23(2)49)38(55)45-31/h3-8,11-14,22-23,26-32,47-49H,9-10,15-21,39-40H2,1-2H3,(H,41,52)(H,42,53)(H,43,54)(H,44,50)(H,45,55)(H,46,51)/t22-,23-,26?,27+,28+,29-,30?,31+,32+/m1/s1. The molecule has 2 aromatic rings. The van der Waals surface area contributed by atoms with Gasteiger partial charge < -0.3 is 58.7 Å². The molecule has 1 fully saturated rings. The summed E-state index contributed by atoms with van der Waals surface area (Å²) in [4.78, 5) is 82.4. The molecule has 0 aliphatic carbocycles. The molecule has 0 radical (unpaired) electrons. The van der Waals surface area contributed by atoms with Crippen molar-refractivity contribution in [1.29, 1.82) is 0 Å². The molecule has 6 amide bonds. The van der Waals surface area contributed by atoms with Gasteiger partial charge in [-0.2, -0.15) is 0 Å². The molecule has 0 saturated carbocycles. The maximum Gasteiger partial charge on any atom is 0.245 e. The van der Waals surface area contributed by atoms with Gasteiger partial charge in [-0.1, -0.05) is 82.3 Å². The molecule has 0 aromatic heterocycles. The summed E-state index contributed by atoms with van der Waals surface area (Å²) < 4.78 is 0. The molecule has 0 bridgehead atoms. The van der Waals surface area contributed by atoms with E-state index in [9.17, 15) is 44.1 Å². The minimum Gasteiger partial charge on any atom is -0.394 e. The Morgan fingerprint density at radius 1 is 0.807 bits per heavy atom. The highest BCUT2D eigenvalue weighted by molar-refractivity contribution is 8.76. The summed E-state index contributed by atoms with van der Waals surface area (Å²) in [5.74, 6) is -4.78. The minimum absolute atomic E-state index is 0.0163. The highest BCUT2D eigenvalue weighted by Gasteiger charge is 2.35. The van der Waals surface area contributed by atoms with Gasteiger partial charge in [0.25, 0.3) is 0 Å². The van der Waals surface area contributed by atoms with Crippen molar-refractivity contribution in [3.05, 3.63) is 71.8 Å². The maximum absolute atomic E-state index is 14.1. The third-order valence-corrected chi connectivity index (χ3v) is 11.5. The number of nitrogens with two attached hydrogens (primary N) is 2. The summed E-state index contributed by atoms with van der Waals surface area (Å²) in [5, 5.41) is 46.1. The smallest absolute Gasteiger partial charge is 0.245 e. The van der Waals surface area contributed by atoms with Gasteiger partial charge in [-0.05, 0) is 57.2 Å². The van der Waals surface area contributed by atoms with E-state index < -0.39 is 96.6 Å². The zero-order chi connectivity index (χ0) is 41.9. The van der Waals surface area contributed by atoms with Gasteiger partial charge in [-0.15, -0.1) is 0 Å². The monoisotopic (exact) mass is 832 g/mol. The van der Waals surface area contributed by atoms with Crippen LogP contribution in [0.2, 0.25) is 0 Å². The fourth-order valence-corrected chi connectivity index (χ4v) is 8.05. The van der Waals surface area contributed by atoms with Crippen molar-refractivity contribution in [2.75, 3.05) is 24.7 Å². The molecule has 1 aliphatic rings. The molecule has 57 heavy (non-hydrogen) atoms. The Balaban J connectivity index is 2.02. The lowest BCUT2D eigenvalue weighted by Crippen LogP contribution is -2.62. The Labute approximate surface area is 340 Å². The lowest BCUT2D eigenvalue weighted by Gasteiger charge is -2.28. The first kappa shape index (κ1) is 47.1. The number of hydrogen-bond acceptors (Lipinski definition) is 13. The van der Waals surface area contributed by atoms with Crippen LogP contribution >= 0.6 is 21.6 Å². The molecular weight excluding hydrogens is 777 g/mol. The van der Waals surface area contributed by atoms with Crippen LogP contribution in [0.1, 0.15) is 44.2 Å². The second-order valence-corrected chi connectivity index (χ2v) is 16.4. The van der Waals surface area contributed by atoms with Crippen LogP contribution in [0.4, 0.5) is 0 Å². The number of aliphatic hydroxyl groups excluding tert-OH is 3. The Morgan fingerprint density at radius 3 is 2.00 bits per heavy atom. The van der Waals surface area contributed by atoms with Crippen LogP contribution in [0.25, 0.3) is 0 Å². The van der Waals surface area contributed by atoms with Crippen LogP contribution in [0.3, 0.4) is 0 Å². The van der Waals surface area contributed by atoms with E-state index in [2.05, 4.69) is 31.9 Å². The lowest BCUT2D eigenvalue weighted by atomic mass is 10.0. The van der Waals surface area contributed by atoms with E-state index in [1.54, 1.807) is 30.3 Å². The Hall–Kier alpha value is -4.24. The Kier molecular flexibility index (Phi) is 20.3. The van der Waals surface area contributed by atoms with Crippen molar-refractivity contribution in [2.45, 2.75) is 100 Å². The zero-order valence-electron chi connectivity index (χ0n) is 32.1. The van der Waals surface area contributed by atoms with E-state index in [0.717, 1.165) is 27.2 Å². The summed E-state index contributed by atoms with van der Waals surface area (Å²) in [6.07, 6.45) is -1.40. The van der Waals surface area contributed by atoms with Crippen molar-refractivity contribution in [3.8, 4) is 0 Å². The molecule has 17 nitrogen and oxygen atoms in total. The molecular formula is C38H56N8O9S2. The molecule has 13 N–H and O–H groups in total. The minimum atomic E-state index is -1.57. The molecule has 1 heterocycles. The second kappa shape index (κ2) is 24.5. The van der Waals surface area contributed by atoms with E-state index in [1.807, 2.05) is 30.3 Å². The fourth-order valence-electron chi connectivity index (χ4n) is 5.73. The number of unbranched alkanes of at least 4 members (excludes halogenated alkanes) is 1. The number of amides is 6. The van der Waals surface area contributed by atoms with E-state index >= 15 is 0 Å². The topological polar surface area (TPSA) is 287 Å². The number of hydrogen-bond donors (Lipinski definition) is 11. The third-order valence-electron chi connectivity index (χ3n) is 9.12. The van der Waals surface area contributed by atoms with Gasteiger partial charge in [0.1, 0.15) is 30.2 Å². The highest BCUT2D eigenvalue weighted by atomic mass is 33.1. The third kappa shape index (κ3) is 15.9. The van der Waals surface area contributed by atoms with Gasteiger partial charge >= 0.3 is 0 Å². The van der Waals surface area contributed by atoms with Gasteiger partial charge in [0, 0.05) is 17.9 Å². The molecule has 2 unspecified atom stereocenters. The SMILES string of the molecule is C[C@@H](O)[C@@H]1NC(=O)[C@H](CCCCN)NC(=O)[C@H](Cc2ccccc2)NC(=O)C(NC(=O)C(N)Cc2ccccc2)CSSC[C@@H](C(=O)N[C@H](CO)[C@@H](C)O)NC1=O. The van der Waals surface area contributed by atoms with Crippen LogP contribution in [-0.4, -0.2) is 130 Å². The van der Waals surface area contributed by atoms with Crippen LogP contribution in [-0.2, 0) is 41.6 Å². The Morgan fingerprint density at radius 2 is 1.40 bits per heavy atom. The van der Waals surface area contributed by atoms with Crippen LogP contribution in [0.15, 0.2) is 60.7 Å². The number of carbonyl (C=O) groups excluding carboxylic acids is 6. The first-order valence-corrected chi connectivity index (χ1v) is 21.3. The summed E-state index contributed by atoms with van der Waals surface area (Å²) in [5.41, 5.74) is 13.5. The van der Waals surface area contributed by atoms with Crippen molar-refractivity contribution in [3.63, 3.8) is 0 Å². The average Bonchev–Trinajstić information content (AvgIpc) is 3.18.